The van der Waals surface area contributed by atoms with Crippen molar-refractivity contribution in [3.63, 3.8) is 0 Å². The van der Waals surface area contributed by atoms with Gasteiger partial charge in [0, 0.05) is 32.4 Å². The number of rotatable bonds is 9. The van der Waals surface area contributed by atoms with Crippen LogP contribution in [-0.2, 0) is 17.8 Å². The standard InChI is InChI=1S/C22H31N5O2.HI/c1-2-24-22(25-10-13-29-21-8-5-9-23-17-21)26-16-19-6-3-4-7-20(19)18-27-11-14-28-15-12-27;/h3-9,17H,2,10-16,18H2,1H3,(H2,24,25,26);1H. The van der Waals surface area contributed by atoms with E-state index in [4.69, 9.17) is 14.5 Å². The Kier molecular flexibility index (Phi) is 11.5. The summed E-state index contributed by atoms with van der Waals surface area (Å²) in [7, 11) is 0. The number of aliphatic imine (C=N–C) groups is 1. The van der Waals surface area contributed by atoms with Crippen molar-refractivity contribution in [1.82, 2.24) is 20.5 Å². The second-order valence-electron chi connectivity index (χ2n) is 6.82. The topological polar surface area (TPSA) is 71.0 Å². The quantitative estimate of drug-likeness (QED) is 0.227. The average molecular weight is 525 g/mol. The molecular formula is C22H32IN5O2. The lowest BCUT2D eigenvalue weighted by molar-refractivity contribution is 0.0341. The molecule has 0 spiro atoms. The third-order valence-corrected chi connectivity index (χ3v) is 4.67. The van der Waals surface area contributed by atoms with E-state index in [1.807, 2.05) is 12.1 Å². The van der Waals surface area contributed by atoms with E-state index in [-0.39, 0.29) is 24.0 Å². The molecule has 0 radical (unpaired) electrons. The van der Waals surface area contributed by atoms with Crippen molar-refractivity contribution >= 4 is 29.9 Å². The van der Waals surface area contributed by atoms with Gasteiger partial charge in [-0.3, -0.25) is 9.88 Å². The number of pyridine rings is 1. The summed E-state index contributed by atoms with van der Waals surface area (Å²) in [5.74, 6) is 1.57. The van der Waals surface area contributed by atoms with E-state index in [0.29, 0.717) is 19.7 Å². The molecule has 3 rings (SSSR count). The van der Waals surface area contributed by atoms with Gasteiger partial charge in [0.25, 0.3) is 0 Å². The van der Waals surface area contributed by atoms with Gasteiger partial charge in [0.05, 0.1) is 32.5 Å². The van der Waals surface area contributed by atoms with Gasteiger partial charge in [-0.15, -0.1) is 24.0 Å². The van der Waals surface area contributed by atoms with Gasteiger partial charge in [-0.25, -0.2) is 4.99 Å². The fraction of sp³-hybridized carbons (Fsp3) is 0.455. The van der Waals surface area contributed by atoms with E-state index < -0.39 is 0 Å². The average Bonchev–Trinajstić information content (AvgIpc) is 2.77. The fourth-order valence-corrected chi connectivity index (χ4v) is 3.14. The van der Waals surface area contributed by atoms with E-state index in [9.17, 15) is 0 Å². The van der Waals surface area contributed by atoms with E-state index in [1.54, 1.807) is 12.4 Å². The van der Waals surface area contributed by atoms with E-state index >= 15 is 0 Å². The van der Waals surface area contributed by atoms with Crippen LogP contribution >= 0.6 is 24.0 Å². The first-order valence-electron chi connectivity index (χ1n) is 10.3. The lowest BCUT2D eigenvalue weighted by Gasteiger charge is -2.27. The number of halogens is 1. The van der Waals surface area contributed by atoms with Gasteiger partial charge >= 0.3 is 0 Å². The molecule has 1 aliphatic heterocycles. The molecule has 0 amide bonds. The Bertz CT molecular complexity index is 754. The van der Waals surface area contributed by atoms with Crippen LogP contribution in [0.3, 0.4) is 0 Å². The van der Waals surface area contributed by atoms with Crippen LogP contribution in [-0.4, -0.2) is 61.8 Å². The van der Waals surface area contributed by atoms with Crippen LogP contribution in [0.2, 0.25) is 0 Å². The van der Waals surface area contributed by atoms with Crippen LogP contribution in [0.5, 0.6) is 5.75 Å². The summed E-state index contributed by atoms with van der Waals surface area (Å²) in [6.45, 7) is 9.26. The van der Waals surface area contributed by atoms with Crippen molar-refractivity contribution in [2.45, 2.75) is 20.0 Å². The minimum atomic E-state index is 0. The molecule has 0 atom stereocenters. The number of hydrogen-bond donors (Lipinski definition) is 2. The first-order chi connectivity index (χ1) is 14.3. The predicted molar refractivity (Wildman–Crippen MR) is 131 cm³/mol. The summed E-state index contributed by atoms with van der Waals surface area (Å²) in [6.07, 6.45) is 3.45. The Labute approximate surface area is 196 Å². The summed E-state index contributed by atoms with van der Waals surface area (Å²) >= 11 is 0. The molecule has 0 bridgehead atoms. The van der Waals surface area contributed by atoms with Crippen molar-refractivity contribution in [3.05, 3.63) is 59.9 Å². The third kappa shape index (κ3) is 8.45. The van der Waals surface area contributed by atoms with Crippen LogP contribution in [0.4, 0.5) is 0 Å². The Morgan fingerprint density at radius 2 is 1.93 bits per heavy atom. The van der Waals surface area contributed by atoms with Crippen LogP contribution in [0.15, 0.2) is 53.8 Å². The van der Waals surface area contributed by atoms with Crippen LogP contribution in [0, 0.1) is 0 Å². The van der Waals surface area contributed by atoms with Crippen molar-refractivity contribution in [2.24, 2.45) is 4.99 Å². The predicted octanol–water partition coefficient (Wildman–Crippen LogP) is 2.67. The SMILES string of the molecule is CCNC(=NCc1ccccc1CN1CCOCC1)NCCOc1cccnc1.I. The van der Waals surface area contributed by atoms with Crippen molar-refractivity contribution in [2.75, 3.05) is 46.0 Å². The van der Waals surface area contributed by atoms with E-state index in [0.717, 1.165) is 51.1 Å². The molecule has 7 nitrogen and oxygen atoms in total. The molecule has 0 unspecified atom stereocenters. The number of nitrogens with zero attached hydrogens (tertiary/aromatic N) is 3. The number of morpholine rings is 1. The first kappa shape index (κ1) is 24.4. The Morgan fingerprint density at radius 3 is 2.67 bits per heavy atom. The summed E-state index contributed by atoms with van der Waals surface area (Å²) in [6, 6.07) is 12.3. The van der Waals surface area contributed by atoms with Gasteiger partial charge in [-0.1, -0.05) is 24.3 Å². The molecule has 2 N–H and O–H groups in total. The zero-order valence-electron chi connectivity index (χ0n) is 17.5. The zero-order chi connectivity index (χ0) is 20.2. The third-order valence-electron chi connectivity index (χ3n) is 4.67. The van der Waals surface area contributed by atoms with E-state index in [1.165, 1.54) is 11.1 Å². The Balaban J connectivity index is 0.00000320. The highest BCUT2D eigenvalue weighted by Crippen LogP contribution is 2.14. The van der Waals surface area contributed by atoms with Crippen molar-refractivity contribution < 1.29 is 9.47 Å². The van der Waals surface area contributed by atoms with Crippen LogP contribution in [0.1, 0.15) is 18.1 Å². The van der Waals surface area contributed by atoms with Gasteiger partial charge in [-0.05, 0) is 30.2 Å². The molecule has 0 aliphatic carbocycles. The normalized spacial score (nSPS) is 14.6. The minimum Gasteiger partial charge on any atom is -0.490 e. The summed E-state index contributed by atoms with van der Waals surface area (Å²) in [5.41, 5.74) is 2.58. The maximum absolute atomic E-state index is 5.68. The van der Waals surface area contributed by atoms with Gasteiger partial charge in [-0.2, -0.15) is 0 Å². The lowest BCUT2D eigenvalue weighted by Crippen LogP contribution is -2.39. The molecule has 1 fully saturated rings. The highest BCUT2D eigenvalue weighted by Gasteiger charge is 2.12. The molecule has 30 heavy (non-hydrogen) atoms. The van der Waals surface area contributed by atoms with Gasteiger partial charge in [0.15, 0.2) is 5.96 Å². The molecular weight excluding hydrogens is 493 g/mol. The largest absolute Gasteiger partial charge is 0.490 e. The number of aromatic nitrogens is 1. The van der Waals surface area contributed by atoms with Gasteiger partial charge < -0.3 is 20.1 Å². The first-order valence-corrected chi connectivity index (χ1v) is 10.3. The highest BCUT2D eigenvalue weighted by molar-refractivity contribution is 14.0. The monoisotopic (exact) mass is 525 g/mol. The molecule has 2 aromatic rings. The maximum atomic E-state index is 5.68. The second-order valence-corrected chi connectivity index (χ2v) is 6.82. The molecule has 2 heterocycles. The number of nitrogens with one attached hydrogen (secondary N) is 2. The molecule has 8 heteroatoms. The molecule has 1 aliphatic rings. The second kappa shape index (κ2) is 14.2. The molecule has 0 saturated carbocycles. The minimum absolute atomic E-state index is 0. The molecule has 1 aromatic heterocycles. The smallest absolute Gasteiger partial charge is 0.191 e. The number of hydrogen-bond acceptors (Lipinski definition) is 5. The Morgan fingerprint density at radius 1 is 1.13 bits per heavy atom. The highest BCUT2D eigenvalue weighted by atomic mass is 127. The van der Waals surface area contributed by atoms with Crippen molar-refractivity contribution in [1.29, 1.82) is 0 Å². The molecule has 1 saturated heterocycles. The number of benzene rings is 1. The summed E-state index contributed by atoms with van der Waals surface area (Å²) < 4.78 is 11.1. The van der Waals surface area contributed by atoms with Crippen molar-refractivity contribution in [3.8, 4) is 5.75 Å². The van der Waals surface area contributed by atoms with E-state index in [2.05, 4.69) is 51.7 Å². The summed E-state index contributed by atoms with van der Waals surface area (Å²) in [5, 5.41) is 6.62. The van der Waals surface area contributed by atoms with Gasteiger partial charge in [0.2, 0.25) is 0 Å². The lowest BCUT2D eigenvalue weighted by atomic mass is 10.1. The Hall–Kier alpha value is -1.91. The molecule has 164 valence electrons. The summed E-state index contributed by atoms with van der Waals surface area (Å²) in [4.78, 5) is 11.3. The molecule has 1 aromatic carbocycles. The number of ether oxygens (including phenoxy) is 2. The van der Waals surface area contributed by atoms with Crippen LogP contribution < -0.4 is 15.4 Å². The number of guanidine groups is 1. The van der Waals surface area contributed by atoms with Crippen LogP contribution in [0.25, 0.3) is 0 Å². The fourth-order valence-electron chi connectivity index (χ4n) is 3.14. The zero-order valence-corrected chi connectivity index (χ0v) is 19.9. The van der Waals surface area contributed by atoms with Gasteiger partial charge in [0.1, 0.15) is 12.4 Å². The maximum Gasteiger partial charge on any atom is 0.191 e.